The second-order valence-electron chi connectivity index (χ2n) is 3.84. The fourth-order valence-electron chi connectivity index (χ4n) is 1.63. The van der Waals surface area contributed by atoms with Crippen molar-refractivity contribution in [3.8, 4) is 6.07 Å². The van der Waals surface area contributed by atoms with E-state index in [9.17, 15) is 8.78 Å². The molecule has 0 spiro atoms. The van der Waals surface area contributed by atoms with Crippen molar-refractivity contribution in [2.75, 3.05) is 45.4 Å². The largest absolute Gasteiger partial charge is 0.383 e. The topological polar surface area (TPSA) is 45.5 Å². The molecule has 0 amide bonds. The van der Waals surface area contributed by atoms with Crippen LogP contribution in [0.25, 0.3) is 0 Å². The molecule has 0 saturated carbocycles. The molecule has 0 atom stereocenters. The summed E-state index contributed by atoms with van der Waals surface area (Å²) in [7, 11) is 3.06. The Hall–Kier alpha value is -1.71. The Labute approximate surface area is 111 Å². The Morgan fingerprint density at radius 2 is 1.68 bits per heavy atom. The lowest BCUT2D eigenvalue weighted by atomic mass is 10.2. The monoisotopic (exact) mass is 270 g/mol. The normalized spacial score (nSPS) is 10.3. The van der Waals surface area contributed by atoms with Gasteiger partial charge in [-0.25, -0.2) is 8.78 Å². The lowest BCUT2D eigenvalue weighted by Gasteiger charge is -2.24. The van der Waals surface area contributed by atoms with Crippen LogP contribution in [0.2, 0.25) is 0 Å². The molecular formula is C13H16F2N2O2. The van der Waals surface area contributed by atoms with Crippen molar-refractivity contribution in [3.05, 3.63) is 29.3 Å². The van der Waals surface area contributed by atoms with Gasteiger partial charge in [0.05, 0.1) is 24.5 Å². The van der Waals surface area contributed by atoms with Gasteiger partial charge < -0.3 is 14.4 Å². The molecule has 104 valence electrons. The molecule has 0 aliphatic rings. The van der Waals surface area contributed by atoms with E-state index in [1.807, 2.05) is 0 Å². The summed E-state index contributed by atoms with van der Waals surface area (Å²) in [5, 5.41) is 8.64. The molecule has 0 radical (unpaired) electrons. The van der Waals surface area contributed by atoms with Crippen LogP contribution in [0.5, 0.6) is 0 Å². The number of anilines is 1. The highest BCUT2D eigenvalue weighted by molar-refractivity contribution is 5.52. The Morgan fingerprint density at radius 3 is 2.16 bits per heavy atom. The van der Waals surface area contributed by atoms with E-state index in [0.717, 1.165) is 0 Å². The number of ether oxygens (including phenoxy) is 2. The number of nitrogens with zero attached hydrogens (tertiary/aromatic N) is 2. The average molecular weight is 270 g/mol. The smallest absolute Gasteiger partial charge is 0.183 e. The molecule has 0 bridgehead atoms. The van der Waals surface area contributed by atoms with E-state index in [4.69, 9.17) is 14.7 Å². The van der Waals surface area contributed by atoms with E-state index >= 15 is 0 Å². The number of hydrogen-bond acceptors (Lipinski definition) is 4. The molecule has 0 N–H and O–H groups in total. The molecule has 1 aromatic rings. The maximum absolute atomic E-state index is 13.9. The average Bonchev–Trinajstić information content (AvgIpc) is 2.43. The van der Waals surface area contributed by atoms with Gasteiger partial charge in [-0.1, -0.05) is 0 Å². The van der Waals surface area contributed by atoms with Crippen molar-refractivity contribution in [2.24, 2.45) is 0 Å². The summed E-state index contributed by atoms with van der Waals surface area (Å²) in [6.07, 6.45) is 0. The number of hydrogen-bond donors (Lipinski definition) is 0. The van der Waals surface area contributed by atoms with Crippen molar-refractivity contribution in [1.82, 2.24) is 0 Å². The predicted molar refractivity (Wildman–Crippen MR) is 67.0 cm³/mol. The molecule has 0 aliphatic heterocycles. The minimum atomic E-state index is -1.13. The standard InChI is InChI=1S/C13H16F2N2O2/c1-18-7-5-17(6-8-19-2)11-4-3-10(9-16)12(14)13(11)15/h3-4H,5-8H2,1-2H3. The first kappa shape index (κ1) is 15.3. The molecule has 1 aromatic carbocycles. The number of rotatable bonds is 7. The lowest BCUT2D eigenvalue weighted by molar-refractivity contribution is 0.190. The second-order valence-corrected chi connectivity index (χ2v) is 3.84. The number of methoxy groups -OCH3 is 2. The number of halogens is 2. The Bertz CT molecular complexity index is 453. The first-order valence-electron chi connectivity index (χ1n) is 5.76. The SMILES string of the molecule is COCCN(CCOC)c1ccc(C#N)c(F)c1F. The van der Waals surface area contributed by atoms with Crippen LogP contribution in [-0.4, -0.2) is 40.5 Å². The molecule has 1 rings (SSSR count). The summed E-state index contributed by atoms with van der Waals surface area (Å²) in [4.78, 5) is 1.62. The number of benzene rings is 1. The van der Waals surface area contributed by atoms with E-state index < -0.39 is 11.6 Å². The first-order chi connectivity index (χ1) is 9.15. The fraction of sp³-hybridized carbons (Fsp3) is 0.462. The highest BCUT2D eigenvalue weighted by Crippen LogP contribution is 2.23. The maximum Gasteiger partial charge on any atom is 0.183 e. The molecular weight excluding hydrogens is 254 g/mol. The van der Waals surface area contributed by atoms with Crippen LogP contribution < -0.4 is 4.90 Å². The van der Waals surface area contributed by atoms with Crippen molar-refractivity contribution in [2.45, 2.75) is 0 Å². The van der Waals surface area contributed by atoms with Crippen LogP contribution in [0.15, 0.2) is 12.1 Å². The Balaban J connectivity index is 3.01. The van der Waals surface area contributed by atoms with Crippen LogP contribution in [0.4, 0.5) is 14.5 Å². The van der Waals surface area contributed by atoms with Gasteiger partial charge in [0.15, 0.2) is 11.6 Å². The van der Waals surface area contributed by atoms with Crippen LogP contribution in [0, 0.1) is 23.0 Å². The van der Waals surface area contributed by atoms with Crippen molar-refractivity contribution >= 4 is 5.69 Å². The minimum absolute atomic E-state index is 0.102. The van der Waals surface area contributed by atoms with Crippen LogP contribution in [-0.2, 0) is 9.47 Å². The zero-order chi connectivity index (χ0) is 14.3. The second kappa shape index (κ2) is 7.67. The van der Waals surface area contributed by atoms with E-state index in [1.54, 1.807) is 11.0 Å². The van der Waals surface area contributed by atoms with Gasteiger partial charge in [0.25, 0.3) is 0 Å². The third kappa shape index (κ3) is 3.88. The van der Waals surface area contributed by atoms with Gasteiger partial charge in [0, 0.05) is 27.3 Å². The molecule has 0 saturated heterocycles. The fourth-order valence-corrected chi connectivity index (χ4v) is 1.63. The van der Waals surface area contributed by atoms with Crippen LogP contribution in [0.3, 0.4) is 0 Å². The van der Waals surface area contributed by atoms with Gasteiger partial charge >= 0.3 is 0 Å². The highest BCUT2D eigenvalue weighted by Gasteiger charge is 2.17. The zero-order valence-electron chi connectivity index (χ0n) is 10.9. The van der Waals surface area contributed by atoms with E-state index in [2.05, 4.69) is 0 Å². The van der Waals surface area contributed by atoms with Gasteiger partial charge in [-0.05, 0) is 12.1 Å². The minimum Gasteiger partial charge on any atom is -0.383 e. The van der Waals surface area contributed by atoms with Crippen LogP contribution in [0.1, 0.15) is 5.56 Å². The molecule has 0 aromatic heterocycles. The van der Waals surface area contributed by atoms with Gasteiger partial charge in [-0.3, -0.25) is 0 Å². The molecule has 0 aliphatic carbocycles. The Morgan fingerprint density at radius 1 is 1.11 bits per heavy atom. The molecule has 0 unspecified atom stereocenters. The van der Waals surface area contributed by atoms with Gasteiger partial charge in [-0.2, -0.15) is 5.26 Å². The summed E-state index contributed by atoms with van der Waals surface area (Å²) in [5.74, 6) is -2.15. The summed E-state index contributed by atoms with van der Waals surface area (Å²) >= 11 is 0. The lowest BCUT2D eigenvalue weighted by Crippen LogP contribution is -2.31. The number of nitriles is 1. The van der Waals surface area contributed by atoms with E-state index in [-0.39, 0.29) is 11.3 Å². The van der Waals surface area contributed by atoms with Crippen LogP contribution >= 0.6 is 0 Å². The summed E-state index contributed by atoms with van der Waals surface area (Å²) in [6, 6.07) is 4.26. The first-order valence-corrected chi connectivity index (χ1v) is 5.76. The summed E-state index contributed by atoms with van der Waals surface area (Å²) in [5.41, 5.74) is -0.203. The maximum atomic E-state index is 13.9. The van der Waals surface area contributed by atoms with E-state index in [0.29, 0.717) is 26.3 Å². The summed E-state index contributed by atoms with van der Waals surface area (Å²) in [6.45, 7) is 1.57. The zero-order valence-corrected chi connectivity index (χ0v) is 10.9. The molecule has 19 heavy (non-hydrogen) atoms. The molecule has 0 heterocycles. The molecule has 4 nitrogen and oxygen atoms in total. The van der Waals surface area contributed by atoms with Gasteiger partial charge in [-0.15, -0.1) is 0 Å². The van der Waals surface area contributed by atoms with Crippen molar-refractivity contribution < 1.29 is 18.3 Å². The summed E-state index contributed by atoms with van der Waals surface area (Å²) < 4.78 is 37.4. The predicted octanol–water partition coefficient (Wildman–Crippen LogP) is 1.94. The molecule has 6 heteroatoms. The molecule has 0 fully saturated rings. The Kier molecular flexibility index (Phi) is 6.19. The van der Waals surface area contributed by atoms with E-state index in [1.165, 1.54) is 26.4 Å². The third-order valence-electron chi connectivity index (χ3n) is 2.65. The third-order valence-corrected chi connectivity index (χ3v) is 2.65. The highest BCUT2D eigenvalue weighted by atomic mass is 19.2. The van der Waals surface area contributed by atoms with Gasteiger partial charge in [0.2, 0.25) is 0 Å². The van der Waals surface area contributed by atoms with Crippen molar-refractivity contribution in [3.63, 3.8) is 0 Å². The van der Waals surface area contributed by atoms with Crippen molar-refractivity contribution in [1.29, 1.82) is 5.26 Å². The quantitative estimate of drug-likeness (QED) is 0.759. The van der Waals surface area contributed by atoms with Gasteiger partial charge in [0.1, 0.15) is 6.07 Å².